The van der Waals surface area contributed by atoms with Gasteiger partial charge in [0.2, 0.25) is 11.9 Å². The molecule has 2 aliphatic heterocycles. The smallest absolute Gasteiger partial charge is 0.272 e. The summed E-state index contributed by atoms with van der Waals surface area (Å²) in [7, 11) is 0. The number of piperidine rings is 1. The Kier molecular flexibility index (Phi) is 5.73. The molecule has 0 aromatic carbocycles. The van der Waals surface area contributed by atoms with Crippen molar-refractivity contribution in [1.29, 1.82) is 0 Å². The van der Waals surface area contributed by atoms with Crippen LogP contribution in [0.5, 0.6) is 0 Å². The fourth-order valence-corrected chi connectivity index (χ4v) is 3.48. The van der Waals surface area contributed by atoms with Gasteiger partial charge in [-0.05, 0) is 39.0 Å². The molecule has 0 spiro atoms. The fraction of sp³-hybridized carbons (Fsp3) is 0.647. The molecule has 2 fully saturated rings. The SMILES string of the molecule is CC(NC(=O)c1nc(N2CCCC2)ncc1Cl)C(=O)N1CCCCC1. The molecular weight excluding hydrogens is 342 g/mol. The monoisotopic (exact) mass is 365 g/mol. The number of aromatic nitrogens is 2. The van der Waals surface area contributed by atoms with E-state index in [1.807, 2.05) is 9.80 Å². The lowest BCUT2D eigenvalue weighted by Crippen LogP contribution is -2.48. The Balaban J connectivity index is 1.67. The quantitative estimate of drug-likeness (QED) is 0.881. The van der Waals surface area contributed by atoms with Gasteiger partial charge in [0, 0.05) is 26.2 Å². The van der Waals surface area contributed by atoms with Gasteiger partial charge in [-0.25, -0.2) is 9.97 Å². The number of rotatable bonds is 4. The maximum absolute atomic E-state index is 12.6. The van der Waals surface area contributed by atoms with Gasteiger partial charge in [0.1, 0.15) is 6.04 Å². The van der Waals surface area contributed by atoms with Crippen LogP contribution in [-0.2, 0) is 4.79 Å². The fourth-order valence-electron chi connectivity index (χ4n) is 3.30. The third-order valence-electron chi connectivity index (χ3n) is 4.72. The van der Waals surface area contributed by atoms with Crippen molar-refractivity contribution >= 4 is 29.4 Å². The van der Waals surface area contributed by atoms with Crippen LogP contribution in [0.25, 0.3) is 0 Å². The van der Waals surface area contributed by atoms with Crippen molar-refractivity contribution in [1.82, 2.24) is 20.2 Å². The topological polar surface area (TPSA) is 78.4 Å². The Morgan fingerprint density at radius 2 is 1.76 bits per heavy atom. The first-order chi connectivity index (χ1) is 12.1. The van der Waals surface area contributed by atoms with Crippen molar-refractivity contribution in [3.63, 3.8) is 0 Å². The van der Waals surface area contributed by atoms with Gasteiger partial charge in [0.25, 0.3) is 5.91 Å². The van der Waals surface area contributed by atoms with Gasteiger partial charge < -0.3 is 15.1 Å². The molecule has 1 aromatic heterocycles. The van der Waals surface area contributed by atoms with E-state index in [1.165, 1.54) is 6.20 Å². The zero-order valence-electron chi connectivity index (χ0n) is 14.5. The number of halogens is 1. The van der Waals surface area contributed by atoms with Crippen LogP contribution in [-0.4, -0.2) is 58.9 Å². The van der Waals surface area contributed by atoms with Crippen LogP contribution in [0.1, 0.15) is 49.5 Å². The predicted molar refractivity (Wildman–Crippen MR) is 95.8 cm³/mol. The summed E-state index contributed by atoms with van der Waals surface area (Å²) in [4.78, 5) is 37.4. The van der Waals surface area contributed by atoms with Crippen molar-refractivity contribution in [2.24, 2.45) is 0 Å². The Bertz CT molecular complexity index is 642. The van der Waals surface area contributed by atoms with Gasteiger partial charge in [-0.15, -0.1) is 0 Å². The van der Waals surface area contributed by atoms with E-state index in [2.05, 4.69) is 15.3 Å². The summed E-state index contributed by atoms with van der Waals surface area (Å²) >= 11 is 6.11. The molecule has 25 heavy (non-hydrogen) atoms. The highest BCUT2D eigenvalue weighted by Crippen LogP contribution is 2.20. The second-order valence-corrected chi connectivity index (χ2v) is 7.05. The number of amides is 2. The second kappa shape index (κ2) is 7.99. The van der Waals surface area contributed by atoms with Crippen molar-refractivity contribution < 1.29 is 9.59 Å². The van der Waals surface area contributed by atoms with Crippen LogP contribution in [0, 0.1) is 0 Å². The number of carbonyl (C=O) groups excluding carboxylic acids is 2. The second-order valence-electron chi connectivity index (χ2n) is 6.64. The lowest BCUT2D eigenvalue weighted by molar-refractivity contribution is -0.133. The third-order valence-corrected chi connectivity index (χ3v) is 5.00. The number of likely N-dealkylation sites (tertiary alicyclic amines) is 1. The highest BCUT2D eigenvalue weighted by Gasteiger charge is 2.26. The minimum Gasteiger partial charge on any atom is -0.341 e. The first-order valence-electron chi connectivity index (χ1n) is 8.93. The van der Waals surface area contributed by atoms with E-state index in [9.17, 15) is 9.59 Å². The van der Waals surface area contributed by atoms with Gasteiger partial charge in [0.15, 0.2) is 5.69 Å². The molecule has 0 aliphatic carbocycles. The average molecular weight is 366 g/mol. The molecule has 1 atom stereocenters. The molecule has 136 valence electrons. The summed E-state index contributed by atoms with van der Waals surface area (Å²) in [5, 5.41) is 2.92. The summed E-state index contributed by atoms with van der Waals surface area (Å²) in [6.07, 6.45) is 6.82. The first-order valence-corrected chi connectivity index (χ1v) is 9.31. The maximum atomic E-state index is 12.6. The van der Waals surface area contributed by atoms with Crippen LogP contribution in [0.2, 0.25) is 5.02 Å². The lowest BCUT2D eigenvalue weighted by atomic mass is 10.1. The summed E-state index contributed by atoms with van der Waals surface area (Å²) in [5.41, 5.74) is 0.122. The Hall–Kier alpha value is -1.89. The van der Waals surface area contributed by atoms with Gasteiger partial charge in [-0.3, -0.25) is 9.59 Å². The minimum atomic E-state index is -0.605. The Morgan fingerprint density at radius 1 is 1.12 bits per heavy atom. The molecular formula is C17H24ClN5O2. The minimum absolute atomic E-state index is 0.0574. The zero-order valence-corrected chi connectivity index (χ0v) is 15.3. The molecule has 3 rings (SSSR count). The Morgan fingerprint density at radius 3 is 2.44 bits per heavy atom. The molecule has 2 aliphatic rings. The summed E-state index contributed by atoms with van der Waals surface area (Å²) in [5.74, 6) is 0.0192. The van der Waals surface area contributed by atoms with Crippen LogP contribution < -0.4 is 10.2 Å². The van der Waals surface area contributed by atoms with E-state index in [0.29, 0.717) is 5.95 Å². The predicted octanol–water partition coefficient (Wildman–Crippen LogP) is 1.86. The first kappa shape index (κ1) is 17.9. The molecule has 8 heteroatoms. The number of nitrogens with zero attached hydrogens (tertiary/aromatic N) is 4. The molecule has 2 amide bonds. The van der Waals surface area contributed by atoms with Crippen LogP contribution in [0.4, 0.5) is 5.95 Å². The molecule has 1 unspecified atom stereocenters. The van der Waals surface area contributed by atoms with E-state index in [-0.39, 0.29) is 16.6 Å². The number of nitrogens with one attached hydrogen (secondary N) is 1. The number of hydrogen-bond acceptors (Lipinski definition) is 5. The number of anilines is 1. The van der Waals surface area contributed by atoms with Crippen molar-refractivity contribution in [2.75, 3.05) is 31.1 Å². The molecule has 0 radical (unpaired) electrons. The zero-order chi connectivity index (χ0) is 17.8. The van der Waals surface area contributed by atoms with E-state index in [0.717, 1.165) is 58.3 Å². The van der Waals surface area contributed by atoms with Gasteiger partial charge in [-0.2, -0.15) is 0 Å². The standard InChI is InChI=1S/C17H24ClN5O2/c1-12(16(25)22-7-3-2-4-8-22)20-15(24)14-13(18)11-19-17(21-14)23-9-5-6-10-23/h11-12H,2-10H2,1H3,(H,20,24). The van der Waals surface area contributed by atoms with Crippen LogP contribution >= 0.6 is 11.6 Å². The largest absolute Gasteiger partial charge is 0.341 e. The summed E-state index contributed by atoms with van der Waals surface area (Å²) in [6, 6.07) is -0.605. The van der Waals surface area contributed by atoms with Gasteiger partial charge in [-0.1, -0.05) is 11.6 Å². The molecule has 7 nitrogen and oxygen atoms in total. The van der Waals surface area contributed by atoms with Gasteiger partial charge >= 0.3 is 0 Å². The number of hydrogen-bond donors (Lipinski definition) is 1. The molecule has 1 N–H and O–H groups in total. The van der Waals surface area contributed by atoms with E-state index in [4.69, 9.17) is 11.6 Å². The highest BCUT2D eigenvalue weighted by molar-refractivity contribution is 6.33. The van der Waals surface area contributed by atoms with Crippen molar-refractivity contribution in [3.05, 3.63) is 16.9 Å². The van der Waals surface area contributed by atoms with E-state index < -0.39 is 11.9 Å². The van der Waals surface area contributed by atoms with Crippen LogP contribution in [0.3, 0.4) is 0 Å². The lowest BCUT2D eigenvalue weighted by Gasteiger charge is -2.29. The molecule has 2 saturated heterocycles. The van der Waals surface area contributed by atoms with E-state index in [1.54, 1.807) is 6.92 Å². The molecule has 0 saturated carbocycles. The summed E-state index contributed by atoms with van der Waals surface area (Å²) in [6.45, 7) is 4.98. The molecule has 3 heterocycles. The summed E-state index contributed by atoms with van der Waals surface area (Å²) < 4.78 is 0. The van der Waals surface area contributed by atoms with Crippen molar-refractivity contribution in [2.45, 2.75) is 45.1 Å². The molecule has 1 aromatic rings. The third kappa shape index (κ3) is 4.21. The van der Waals surface area contributed by atoms with E-state index >= 15 is 0 Å². The van der Waals surface area contributed by atoms with Crippen LogP contribution in [0.15, 0.2) is 6.20 Å². The number of carbonyl (C=O) groups is 2. The van der Waals surface area contributed by atoms with Gasteiger partial charge in [0.05, 0.1) is 11.2 Å². The normalized spacial score (nSPS) is 19.0. The Labute approximate surface area is 152 Å². The average Bonchev–Trinajstić information content (AvgIpc) is 3.16. The highest BCUT2D eigenvalue weighted by atomic mass is 35.5. The van der Waals surface area contributed by atoms with Crippen molar-refractivity contribution in [3.8, 4) is 0 Å². The molecule has 0 bridgehead atoms. The maximum Gasteiger partial charge on any atom is 0.272 e.